The number of piperidine rings is 2. The molecule has 1 aromatic heterocycles. The fraction of sp³-hybridized carbons (Fsp3) is 0.615. The van der Waals surface area contributed by atoms with Gasteiger partial charge in [-0.05, 0) is 31.7 Å². The lowest BCUT2D eigenvalue weighted by atomic mass is 9.85. The van der Waals surface area contributed by atoms with Crippen LogP contribution in [-0.4, -0.2) is 23.2 Å². The van der Waals surface area contributed by atoms with Crippen LogP contribution in [0.2, 0.25) is 10.2 Å². The van der Waals surface area contributed by atoms with Crippen molar-refractivity contribution in [1.29, 1.82) is 0 Å². The maximum atomic E-state index is 5.95. The third kappa shape index (κ3) is 2.90. The molecule has 2 fully saturated rings. The first-order valence-electron chi connectivity index (χ1n) is 6.45. The first-order valence-corrected chi connectivity index (χ1v) is 7.20. The van der Waals surface area contributed by atoms with Crippen LogP contribution in [0.25, 0.3) is 0 Å². The van der Waals surface area contributed by atoms with Gasteiger partial charge in [0.2, 0.25) is 5.88 Å². The summed E-state index contributed by atoms with van der Waals surface area (Å²) in [6.45, 7) is 0. The smallest absolute Gasteiger partial charge is 0.216 e. The van der Waals surface area contributed by atoms with E-state index in [1.807, 2.05) is 0 Å². The first kappa shape index (κ1) is 12.5. The third-order valence-electron chi connectivity index (χ3n) is 3.69. The quantitative estimate of drug-likeness (QED) is 0.846. The molecule has 1 aromatic rings. The lowest BCUT2D eigenvalue weighted by molar-refractivity contribution is 0.0890. The van der Waals surface area contributed by atoms with Gasteiger partial charge in [-0.3, -0.25) is 0 Å². The van der Waals surface area contributed by atoms with Crippen molar-refractivity contribution in [1.82, 2.24) is 10.3 Å². The zero-order chi connectivity index (χ0) is 12.5. The zero-order valence-electron chi connectivity index (χ0n) is 10.0. The van der Waals surface area contributed by atoms with Crippen molar-refractivity contribution in [3.05, 3.63) is 22.3 Å². The lowest BCUT2D eigenvalue weighted by Gasteiger charge is -2.40. The molecule has 2 saturated heterocycles. The van der Waals surface area contributed by atoms with Gasteiger partial charge in [0.1, 0.15) is 11.3 Å². The van der Waals surface area contributed by atoms with Crippen molar-refractivity contribution in [2.75, 3.05) is 0 Å². The van der Waals surface area contributed by atoms with E-state index in [4.69, 9.17) is 27.9 Å². The van der Waals surface area contributed by atoms with Crippen LogP contribution in [0, 0.1) is 0 Å². The SMILES string of the molecule is Clc1cc(Cl)nc(OC2C[C@H]3CCC[C@@H](C2)N3)c1. The highest BCUT2D eigenvalue weighted by Gasteiger charge is 2.32. The number of ether oxygens (including phenoxy) is 1. The van der Waals surface area contributed by atoms with Crippen LogP contribution < -0.4 is 10.1 Å². The maximum absolute atomic E-state index is 5.95. The van der Waals surface area contributed by atoms with Gasteiger partial charge in [-0.2, -0.15) is 0 Å². The highest BCUT2D eigenvalue weighted by atomic mass is 35.5. The normalized spacial score (nSPS) is 31.1. The molecule has 3 atom stereocenters. The molecule has 3 nitrogen and oxygen atoms in total. The molecule has 98 valence electrons. The molecule has 0 aromatic carbocycles. The van der Waals surface area contributed by atoms with Gasteiger partial charge >= 0.3 is 0 Å². The Morgan fingerprint density at radius 2 is 1.89 bits per heavy atom. The maximum Gasteiger partial charge on any atom is 0.216 e. The molecular formula is C13H16Cl2N2O. The van der Waals surface area contributed by atoms with Crippen LogP contribution in [-0.2, 0) is 0 Å². The van der Waals surface area contributed by atoms with Crippen LogP contribution in [0.3, 0.4) is 0 Å². The minimum absolute atomic E-state index is 0.226. The van der Waals surface area contributed by atoms with Crippen LogP contribution in [0.15, 0.2) is 12.1 Å². The van der Waals surface area contributed by atoms with Crippen molar-refractivity contribution >= 4 is 23.2 Å². The Hall–Kier alpha value is -0.510. The average molecular weight is 287 g/mol. The minimum Gasteiger partial charge on any atom is -0.474 e. The van der Waals surface area contributed by atoms with Crippen molar-refractivity contribution < 1.29 is 4.74 Å². The van der Waals surface area contributed by atoms with Gasteiger partial charge in [-0.1, -0.05) is 29.6 Å². The number of hydrogen-bond donors (Lipinski definition) is 1. The summed E-state index contributed by atoms with van der Waals surface area (Å²) in [7, 11) is 0. The fourth-order valence-corrected chi connectivity index (χ4v) is 3.44. The molecule has 0 amide bonds. The summed E-state index contributed by atoms with van der Waals surface area (Å²) in [6.07, 6.45) is 6.14. The van der Waals surface area contributed by atoms with E-state index < -0.39 is 0 Å². The summed E-state index contributed by atoms with van der Waals surface area (Å²) in [5.41, 5.74) is 0. The largest absolute Gasteiger partial charge is 0.474 e. The highest BCUT2D eigenvalue weighted by molar-refractivity contribution is 6.34. The lowest BCUT2D eigenvalue weighted by Crippen LogP contribution is -2.51. The second-order valence-corrected chi connectivity index (χ2v) is 5.97. The second kappa shape index (κ2) is 5.24. The van der Waals surface area contributed by atoms with E-state index >= 15 is 0 Å². The summed E-state index contributed by atoms with van der Waals surface area (Å²) in [5, 5.41) is 4.59. The van der Waals surface area contributed by atoms with Gasteiger partial charge in [0.05, 0.1) is 0 Å². The molecule has 3 rings (SSSR count). The van der Waals surface area contributed by atoms with Gasteiger partial charge in [0, 0.05) is 23.2 Å². The van der Waals surface area contributed by atoms with Gasteiger partial charge in [0.25, 0.3) is 0 Å². The first-order chi connectivity index (χ1) is 8.69. The summed E-state index contributed by atoms with van der Waals surface area (Å²) < 4.78 is 5.93. The Balaban J connectivity index is 1.68. The Labute approximate surface area is 117 Å². The number of rotatable bonds is 2. The van der Waals surface area contributed by atoms with Gasteiger partial charge in [-0.15, -0.1) is 0 Å². The standard InChI is InChI=1S/C13H16Cl2N2O/c14-8-4-12(15)17-13(5-8)18-11-6-9-2-1-3-10(7-11)16-9/h4-5,9-11,16H,1-3,6-7H2/t9-,10+,11?. The Morgan fingerprint density at radius 3 is 2.56 bits per heavy atom. The van der Waals surface area contributed by atoms with Crippen LogP contribution >= 0.6 is 23.2 Å². The molecule has 3 heterocycles. The molecule has 0 saturated carbocycles. The van der Waals surface area contributed by atoms with E-state index in [0.717, 1.165) is 12.8 Å². The van der Waals surface area contributed by atoms with E-state index in [1.165, 1.54) is 19.3 Å². The third-order valence-corrected chi connectivity index (χ3v) is 4.11. The van der Waals surface area contributed by atoms with E-state index in [-0.39, 0.29) is 6.10 Å². The molecule has 5 heteroatoms. The topological polar surface area (TPSA) is 34.1 Å². The molecule has 0 aliphatic carbocycles. The Morgan fingerprint density at radius 1 is 1.17 bits per heavy atom. The minimum atomic E-state index is 0.226. The molecular weight excluding hydrogens is 271 g/mol. The van der Waals surface area contributed by atoms with Gasteiger partial charge in [0.15, 0.2) is 0 Å². The molecule has 0 spiro atoms. The molecule has 2 aliphatic heterocycles. The fourth-order valence-electron chi connectivity index (χ4n) is 2.98. The zero-order valence-corrected chi connectivity index (χ0v) is 11.5. The molecule has 1 unspecified atom stereocenters. The van der Waals surface area contributed by atoms with Crippen molar-refractivity contribution in [3.8, 4) is 5.88 Å². The molecule has 2 aliphatic rings. The molecule has 0 radical (unpaired) electrons. The average Bonchev–Trinajstić information content (AvgIpc) is 2.26. The molecule has 18 heavy (non-hydrogen) atoms. The second-order valence-electron chi connectivity index (χ2n) is 5.15. The predicted octanol–water partition coefficient (Wildman–Crippen LogP) is 3.44. The number of fused-ring (bicyclic) bond motifs is 2. The number of pyridine rings is 1. The molecule has 2 bridgehead atoms. The number of hydrogen-bond acceptors (Lipinski definition) is 3. The number of nitrogens with one attached hydrogen (secondary N) is 1. The summed E-state index contributed by atoms with van der Waals surface area (Å²) >= 11 is 11.8. The number of aromatic nitrogens is 1. The predicted molar refractivity (Wildman–Crippen MR) is 72.5 cm³/mol. The Kier molecular flexibility index (Phi) is 3.64. The number of halogens is 2. The van der Waals surface area contributed by atoms with Gasteiger partial charge in [-0.25, -0.2) is 4.98 Å². The molecule has 1 N–H and O–H groups in total. The van der Waals surface area contributed by atoms with Crippen LogP contribution in [0.4, 0.5) is 0 Å². The summed E-state index contributed by atoms with van der Waals surface area (Å²) in [6, 6.07) is 4.53. The van der Waals surface area contributed by atoms with Crippen LogP contribution in [0.5, 0.6) is 5.88 Å². The monoisotopic (exact) mass is 286 g/mol. The van der Waals surface area contributed by atoms with Gasteiger partial charge < -0.3 is 10.1 Å². The van der Waals surface area contributed by atoms with E-state index in [0.29, 0.717) is 28.1 Å². The van der Waals surface area contributed by atoms with E-state index in [9.17, 15) is 0 Å². The van der Waals surface area contributed by atoms with Crippen molar-refractivity contribution in [2.45, 2.75) is 50.3 Å². The van der Waals surface area contributed by atoms with Crippen molar-refractivity contribution in [2.24, 2.45) is 0 Å². The highest BCUT2D eigenvalue weighted by Crippen LogP contribution is 2.29. The number of nitrogens with zero attached hydrogens (tertiary/aromatic N) is 1. The van der Waals surface area contributed by atoms with Crippen molar-refractivity contribution in [3.63, 3.8) is 0 Å². The summed E-state index contributed by atoms with van der Waals surface area (Å²) in [4.78, 5) is 4.16. The van der Waals surface area contributed by atoms with E-state index in [2.05, 4.69) is 10.3 Å². The van der Waals surface area contributed by atoms with E-state index in [1.54, 1.807) is 12.1 Å². The Bertz CT molecular complexity index is 409. The summed E-state index contributed by atoms with van der Waals surface area (Å²) in [5.74, 6) is 0.539. The van der Waals surface area contributed by atoms with Crippen LogP contribution in [0.1, 0.15) is 32.1 Å².